The highest BCUT2D eigenvalue weighted by atomic mass is 16.5. The molecule has 3 atom stereocenters. The van der Waals surface area contributed by atoms with Crippen molar-refractivity contribution in [1.29, 1.82) is 0 Å². The Bertz CT molecular complexity index is 226. The van der Waals surface area contributed by atoms with E-state index in [-0.39, 0.29) is 0 Å². The van der Waals surface area contributed by atoms with Gasteiger partial charge in [0.25, 0.3) is 0 Å². The van der Waals surface area contributed by atoms with Gasteiger partial charge in [0.2, 0.25) is 0 Å². The summed E-state index contributed by atoms with van der Waals surface area (Å²) in [7, 11) is 0. The summed E-state index contributed by atoms with van der Waals surface area (Å²) in [4.78, 5) is 0. The summed E-state index contributed by atoms with van der Waals surface area (Å²) in [6.45, 7) is 8.02. The molecule has 0 aromatic rings. The van der Waals surface area contributed by atoms with E-state index in [9.17, 15) is 5.11 Å². The van der Waals surface area contributed by atoms with Crippen molar-refractivity contribution in [2.45, 2.75) is 64.6 Å². The van der Waals surface area contributed by atoms with Crippen molar-refractivity contribution in [2.24, 2.45) is 5.92 Å². The number of nitrogens with one attached hydrogen (secondary N) is 1. The lowest BCUT2D eigenvalue weighted by Crippen LogP contribution is -2.35. The Kier molecular flexibility index (Phi) is 10.3. The van der Waals surface area contributed by atoms with Gasteiger partial charge < -0.3 is 19.9 Å². The molecule has 1 rings (SSSR count). The number of rotatable bonds is 12. The van der Waals surface area contributed by atoms with Crippen molar-refractivity contribution in [3.05, 3.63) is 0 Å². The van der Waals surface area contributed by atoms with Crippen LogP contribution in [0.5, 0.6) is 0 Å². The maximum Gasteiger partial charge on any atom is 0.0897 e. The number of ether oxygens (including phenoxy) is 2. The van der Waals surface area contributed by atoms with Crippen LogP contribution >= 0.6 is 0 Å². The molecule has 0 saturated carbocycles. The Hall–Kier alpha value is -0.160. The van der Waals surface area contributed by atoms with Crippen LogP contribution in [0.25, 0.3) is 0 Å². The van der Waals surface area contributed by atoms with E-state index in [4.69, 9.17) is 9.47 Å². The molecule has 4 heteroatoms. The molecule has 1 fully saturated rings. The molecule has 3 unspecified atom stereocenters. The molecule has 2 N–H and O–H groups in total. The van der Waals surface area contributed by atoms with Crippen LogP contribution in [-0.4, -0.2) is 50.2 Å². The summed E-state index contributed by atoms with van der Waals surface area (Å²) in [5.74, 6) is 0.599. The fraction of sp³-hybridized carbons (Fsp3) is 1.00. The van der Waals surface area contributed by atoms with E-state index < -0.39 is 6.10 Å². The van der Waals surface area contributed by atoms with Gasteiger partial charge in [-0.15, -0.1) is 0 Å². The summed E-state index contributed by atoms with van der Waals surface area (Å²) in [6.07, 6.45) is 7.06. The third-order valence-electron chi connectivity index (χ3n) is 3.99. The van der Waals surface area contributed by atoms with Gasteiger partial charge in [-0.25, -0.2) is 0 Å². The smallest absolute Gasteiger partial charge is 0.0897 e. The van der Waals surface area contributed by atoms with Crippen LogP contribution in [0.2, 0.25) is 0 Å². The number of aliphatic hydroxyl groups excluding tert-OH is 1. The maximum atomic E-state index is 9.83. The molecular formula is C16H33NO3. The molecule has 0 radical (unpaired) electrons. The van der Waals surface area contributed by atoms with Crippen LogP contribution in [0.4, 0.5) is 0 Å². The summed E-state index contributed by atoms with van der Waals surface area (Å²) in [6, 6.07) is 0. The lowest BCUT2D eigenvalue weighted by atomic mass is 10.00. The van der Waals surface area contributed by atoms with E-state index in [1.54, 1.807) is 0 Å². The van der Waals surface area contributed by atoms with Crippen LogP contribution in [0.3, 0.4) is 0 Å². The molecule has 0 aromatic heterocycles. The van der Waals surface area contributed by atoms with Crippen molar-refractivity contribution in [3.8, 4) is 0 Å². The van der Waals surface area contributed by atoms with Gasteiger partial charge >= 0.3 is 0 Å². The van der Waals surface area contributed by atoms with Gasteiger partial charge in [0, 0.05) is 26.3 Å². The van der Waals surface area contributed by atoms with Crippen molar-refractivity contribution >= 4 is 0 Å². The average molecular weight is 287 g/mol. The first kappa shape index (κ1) is 17.9. The number of hydrogen-bond donors (Lipinski definition) is 2. The predicted molar refractivity (Wildman–Crippen MR) is 82.0 cm³/mol. The maximum absolute atomic E-state index is 9.83. The van der Waals surface area contributed by atoms with Crippen molar-refractivity contribution in [2.75, 3.05) is 32.9 Å². The van der Waals surface area contributed by atoms with E-state index >= 15 is 0 Å². The highest BCUT2D eigenvalue weighted by Gasteiger charge is 2.26. The van der Waals surface area contributed by atoms with Crippen LogP contribution in [-0.2, 0) is 9.47 Å². The Labute approximate surface area is 124 Å². The Morgan fingerprint density at radius 2 is 2.15 bits per heavy atom. The van der Waals surface area contributed by atoms with E-state index in [1.165, 1.54) is 19.3 Å². The molecule has 20 heavy (non-hydrogen) atoms. The summed E-state index contributed by atoms with van der Waals surface area (Å²) >= 11 is 0. The first-order valence-corrected chi connectivity index (χ1v) is 8.36. The number of hydrogen-bond acceptors (Lipinski definition) is 4. The monoisotopic (exact) mass is 287 g/mol. The summed E-state index contributed by atoms with van der Waals surface area (Å²) in [5.41, 5.74) is 0. The van der Waals surface area contributed by atoms with Gasteiger partial charge in [0.1, 0.15) is 0 Å². The molecule has 4 nitrogen and oxygen atoms in total. The molecule has 0 amide bonds. The van der Waals surface area contributed by atoms with Gasteiger partial charge in [-0.05, 0) is 25.2 Å². The van der Waals surface area contributed by atoms with Crippen LogP contribution in [0, 0.1) is 5.92 Å². The summed E-state index contributed by atoms with van der Waals surface area (Å²) in [5, 5.41) is 13.2. The molecule has 0 aliphatic carbocycles. The fourth-order valence-corrected chi connectivity index (χ4v) is 2.72. The Morgan fingerprint density at radius 1 is 1.30 bits per heavy atom. The average Bonchev–Trinajstić information content (AvgIpc) is 2.90. The standard InChI is InChI=1S/C16H33NO3/c1-3-5-6-7-9-19-13-15(18)12-17-11-14-8-10-20-16(14)4-2/h14-18H,3-13H2,1-2H3. The van der Waals surface area contributed by atoms with Gasteiger partial charge in [-0.1, -0.05) is 33.1 Å². The van der Waals surface area contributed by atoms with E-state index in [0.29, 0.717) is 25.2 Å². The van der Waals surface area contributed by atoms with E-state index in [2.05, 4.69) is 19.2 Å². The molecule has 0 spiro atoms. The highest BCUT2D eigenvalue weighted by Crippen LogP contribution is 2.22. The zero-order valence-corrected chi connectivity index (χ0v) is 13.3. The Morgan fingerprint density at radius 3 is 2.90 bits per heavy atom. The first-order valence-electron chi connectivity index (χ1n) is 8.36. The highest BCUT2D eigenvalue weighted by molar-refractivity contribution is 4.77. The third-order valence-corrected chi connectivity index (χ3v) is 3.99. The van der Waals surface area contributed by atoms with E-state index in [1.807, 2.05) is 0 Å². The minimum atomic E-state index is -0.399. The topological polar surface area (TPSA) is 50.7 Å². The van der Waals surface area contributed by atoms with Crippen LogP contribution in [0.1, 0.15) is 52.4 Å². The Balaban J connectivity index is 1.93. The second-order valence-electron chi connectivity index (χ2n) is 5.81. The number of unbranched alkanes of at least 4 members (excludes halogenated alkanes) is 3. The van der Waals surface area contributed by atoms with E-state index in [0.717, 1.165) is 39.0 Å². The molecular weight excluding hydrogens is 254 g/mol. The minimum Gasteiger partial charge on any atom is -0.389 e. The van der Waals surface area contributed by atoms with Crippen molar-refractivity contribution in [3.63, 3.8) is 0 Å². The van der Waals surface area contributed by atoms with Crippen molar-refractivity contribution < 1.29 is 14.6 Å². The quantitative estimate of drug-likeness (QED) is 0.541. The molecule has 0 aromatic carbocycles. The van der Waals surface area contributed by atoms with Gasteiger partial charge in [-0.3, -0.25) is 0 Å². The SMILES string of the molecule is CCCCCCOCC(O)CNCC1CCOC1CC. The molecule has 120 valence electrons. The zero-order valence-electron chi connectivity index (χ0n) is 13.3. The first-order chi connectivity index (χ1) is 9.77. The summed E-state index contributed by atoms with van der Waals surface area (Å²) < 4.78 is 11.1. The zero-order chi connectivity index (χ0) is 14.6. The molecule has 1 aliphatic rings. The lowest BCUT2D eigenvalue weighted by molar-refractivity contribution is 0.0340. The second-order valence-corrected chi connectivity index (χ2v) is 5.81. The van der Waals surface area contributed by atoms with Gasteiger partial charge in [0.05, 0.1) is 18.8 Å². The molecule has 1 aliphatic heterocycles. The normalized spacial score (nSPS) is 24.1. The lowest BCUT2D eigenvalue weighted by Gasteiger charge is -2.18. The molecule has 1 saturated heterocycles. The van der Waals surface area contributed by atoms with Gasteiger partial charge in [-0.2, -0.15) is 0 Å². The van der Waals surface area contributed by atoms with Crippen LogP contribution in [0.15, 0.2) is 0 Å². The molecule has 0 bridgehead atoms. The predicted octanol–water partition coefficient (Wildman–Crippen LogP) is 2.35. The molecule has 1 heterocycles. The van der Waals surface area contributed by atoms with Gasteiger partial charge in [0.15, 0.2) is 0 Å². The minimum absolute atomic E-state index is 0.398. The van der Waals surface area contributed by atoms with Crippen molar-refractivity contribution in [1.82, 2.24) is 5.32 Å². The largest absolute Gasteiger partial charge is 0.389 e. The number of aliphatic hydroxyl groups is 1. The third kappa shape index (κ3) is 7.58. The van der Waals surface area contributed by atoms with Crippen LogP contribution < -0.4 is 5.32 Å². The second kappa shape index (κ2) is 11.5. The fourth-order valence-electron chi connectivity index (χ4n) is 2.72.